The molecule has 0 saturated heterocycles. The second kappa shape index (κ2) is 13.4. The molecule has 0 radical (unpaired) electrons. The number of nitrogens with one attached hydrogen (secondary N) is 2. The van der Waals surface area contributed by atoms with Crippen LogP contribution in [0.25, 0.3) is 0 Å². The zero-order chi connectivity index (χ0) is 23.4. The Kier molecular flexibility index (Phi) is 11.6. The van der Waals surface area contributed by atoms with Crippen LogP contribution in [0.15, 0.2) is 30.3 Å². The van der Waals surface area contributed by atoms with Crippen LogP contribution in [0.5, 0.6) is 0 Å². The summed E-state index contributed by atoms with van der Waals surface area (Å²) in [4.78, 5) is 38.2. The van der Waals surface area contributed by atoms with Crippen LogP contribution >= 0.6 is 12.6 Å². The topological polar surface area (TPSA) is 93.7 Å². The number of esters is 1. The zero-order valence-corrected chi connectivity index (χ0v) is 20.0. The van der Waals surface area contributed by atoms with E-state index in [0.29, 0.717) is 19.4 Å². The van der Waals surface area contributed by atoms with Gasteiger partial charge in [-0.05, 0) is 31.2 Å². The highest BCUT2D eigenvalue weighted by Crippen LogP contribution is 2.19. The molecule has 1 aromatic carbocycles. The fourth-order valence-electron chi connectivity index (χ4n) is 2.99. The van der Waals surface area contributed by atoms with E-state index in [0.717, 1.165) is 5.56 Å². The molecule has 2 amide bonds. The molecule has 7 nitrogen and oxygen atoms in total. The Labute approximate surface area is 191 Å². The van der Waals surface area contributed by atoms with Crippen LogP contribution in [0, 0.1) is 5.92 Å². The molecule has 0 fully saturated rings. The van der Waals surface area contributed by atoms with Crippen molar-refractivity contribution in [2.45, 2.75) is 70.9 Å². The normalized spacial score (nSPS) is 13.4. The molecule has 0 aromatic heterocycles. The molecule has 1 rings (SSSR count). The summed E-state index contributed by atoms with van der Waals surface area (Å²) in [5, 5.41) is 5.03. The van der Waals surface area contributed by atoms with Gasteiger partial charge in [-0.25, -0.2) is 4.79 Å². The van der Waals surface area contributed by atoms with Gasteiger partial charge >= 0.3 is 5.97 Å². The Morgan fingerprint density at radius 2 is 1.68 bits per heavy atom. The first kappa shape index (κ1) is 27.0. The molecule has 0 aliphatic rings. The first-order chi connectivity index (χ1) is 14.7. The molecule has 1 aromatic rings. The van der Waals surface area contributed by atoms with Crippen molar-refractivity contribution in [1.29, 1.82) is 0 Å². The Bertz CT molecular complexity index is 707. The lowest BCUT2D eigenvalue weighted by Crippen LogP contribution is -2.62. The molecule has 0 spiro atoms. The molecule has 0 aliphatic carbocycles. The molecular formula is C23H36N2O5S. The van der Waals surface area contributed by atoms with Crippen LogP contribution < -0.4 is 10.6 Å². The van der Waals surface area contributed by atoms with Crippen molar-refractivity contribution in [3.63, 3.8) is 0 Å². The SMILES string of the molecule is CCOC(=O)[C@H](COCc1ccccc1)NC(=O)C(CC)(CC)NC(=O)[C@H](S)C(C)C. The van der Waals surface area contributed by atoms with Gasteiger partial charge in [0.25, 0.3) is 0 Å². The summed E-state index contributed by atoms with van der Waals surface area (Å²) in [5.41, 5.74) is -0.203. The van der Waals surface area contributed by atoms with E-state index in [1.165, 1.54) is 0 Å². The molecular weight excluding hydrogens is 416 g/mol. The Balaban J connectivity index is 2.90. The van der Waals surface area contributed by atoms with Gasteiger partial charge in [0.15, 0.2) is 6.04 Å². The van der Waals surface area contributed by atoms with Crippen molar-refractivity contribution >= 4 is 30.4 Å². The molecule has 0 unspecified atom stereocenters. The van der Waals surface area contributed by atoms with Gasteiger partial charge in [0.2, 0.25) is 11.8 Å². The molecule has 2 atom stereocenters. The number of carbonyl (C=O) groups excluding carboxylic acids is 3. The molecule has 0 aliphatic heterocycles. The summed E-state index contributed by atoms with van der Waals surface area (Å²) in [6, 6.07) is 8.54. The molecule has 8 heteroatoms. The van der Waals surface area contributed by atoms with E-state index in [1.807, 2.05) is 58.0 Å². The van der Waals surface area contributed by atoms with Gasteiger partial charge in [-0.15, -0.1) is 0 Å². The van der Waals surface area contributed by atoms with Gasteiger partial charge in [0.05, 0.1) is 25.1 Å². The predicted octanol–water partition coefficient (Wildman–Crippen LogP) is 2.88. The van der Waals surface area contributed by atoms with Gasteiger partial charge in [-0.2, -0.15) is 12.6 Å². The summed E-state index contributed by atoms with van der Waals surface area (Å²) >= 11 is 4.35. The van der Waals surface area contributed by atoms with Crippen molar-refractivity contribution in [3.8, 4) is 0 Å². The third-order valence-corrected chi connectivity index (χ3v) is 6.01. The summed E-state index contributed by atoms with van der Waals surface area (Å²) in [6.45, 7) is 9.54. The predicted molar refractivity (Wildman–Crippen MR) is 124 cm³/mol. The number of hydrogen-bond donors (Lipinski definition) is 3. The van der Waals surface area contributed by atoms with E-state index in [1.54, 1.807) is 6.92 Å². The minimum absolute atomic E-state index is 0.0106. The van der Waals surface area contributed by atoms with Crippen LogP contribution in [-0.2, 0) is 30.5 Å². The Morgan fingerprint density at radius 3 is 2.19 bits per heavy atom. The molecule has 31 heavy (non-hydrogen) atoms. The van der Waals surface area contributed by atoms with Gasteiger partial charge < -0.3 is 20.1 Å². The van der Waals surface area contributed by atoms with E-state index >= 15 is 0 Å². The van der Waals surface area contributed by atoms with Crippen molar-refractivity contribution in [2.75, 3.05) is 13.2 Å². The van der Waals surface area contributed by atoms with Gasteiger partial charge in [0.1, 0.15) is 5.54 Å². The quantitative estimate of drug-likeness (QED) is 0.316. The van der Waals surface area contributed by atoms with Crippen molar-refractivity contribution in [3.05, 3.63) is 35.9 Å². The molecule has 2 N–H and O–H groups in total. The number of benzene rings is 1. The van der Waals surface area contributed by atoms with Gasteiger partial charge in [0, 0.05) is 0 Å². The Morgan fingerprint density at radius 1 is 1.06 bits per heavy atom. The lowest BCUT2D eigenvalue weighted by atomic mass is 9.90. The van der Waals surface area contributed by atoms with Crippen LogP contribution in [0.3, 0.4) is 0 Å². The number of thiol groups is 1. The van der Waals surface area contributed by atoms with E-state index in [9.17, 15) is 14.4 Å². The standard InChI is InChI=1S/C23H36N2O5S/c1-6-23(7-2,25-20(26)19(31)16(4)5)22(28)24-18(21(27)30-8-3)15-29-14-17-12-10-9-11-13-17/h9-13,16,18-19,31H,6-8,14-15H2,1-5H3,(H,24,28)(H,25,26)/t18-,19+/m0/s1. The van der Waals surface area contributed by atoms with Crippen molar-refractivity contribution < 1.29 is 23.9 Å². The highest BCUT2D eigenvalue weighted by molar-refractivity contribution is 7.81. The third-order valence-electron chi connectivity index (χ3n) is 5.18. The molecule has 0 bridgehead atoms. The van der Waals surface area contributed by atoms with Crippen molar-refractivity contribution in [1.82, 2.24) is 10.6 Å². The van der Waals surface area contributed by atoms with E-state index in [-0.39, 0.29) is 25.0 Å². The summed E-state index contributed by atoms with van der Waals surface area (Å²) in [5.74, 6) is -1.33. The number of hydrogen-bond acceptors (Lipinski definition) is 6. The van der Waals surface area contributed by atoms with Crippen LogP contribution in [0.2, 0.25) is 0 Å². The highest BCUT2D eigenvalue weighted by atomic mass is 32.1. The maximum atomic E-state index is 13.2. The molecule has 174 valence electrons. The second-order valence-corrected chi connectivity index (χ2v) is 8.30. The number of rotatable bonds is 13. The first-order valence-electron chi connectivity index (χ1n) is 10.8. The van der Waals surface area contributed by atoms with Gasteiger partial charge in [-0.1, -0.05) is 58.0 Å². The summed E-state index contributed by atoms with van der Waals surface area (Å²) < 4.78 is 10.8. The minimum Gasteiger partial charge on any atom is -0.464 e. The fraction of sp³-hybridized carbons (Fsp3) is 0.609. The minimum atomic E-state index is -1.16. The average Bonchev–Trinajstić information content (AvgIpc) is 2.76. The van der Waals surface area contributed by atoms with Crippen molar-refractivity contribution in [2.24, 2.45) is 5.92 Å². The smallest absolute Gasteiger partial charge is 0.331 e. The van der Waals surface area contributed by atoms with E-state index in [4.69, 9.17) is 9.47 Å². The monoisotopic (exact) mass is 452 g/mol. The highest BCUT2D eigenvalue weighted by Gasteiger charge is 2.40. The maximum absolute atomic E-state index is 13.2. The third kappa shape index (κ3) is 8.18. The summed E-state index contributed by atoms with van der Waals surface area (Å²) in [6.07, 6.45) is 0.722. The summed E-state index contributed by atoms with van der Waals surface area (Å²) in [7, 11) is 0. The number of amides is 2. The van der Waals surface area contributed by atoms with Gasteiger partial charge in [-0.3, -0.25) is 9.59 Å². The van der Waals surface area contributed by atoms with Crippen LogP contribution in [0.4, 0.5) is 0 Å². The van der Waals surface area contributed by atoms with Crippen LogP contribution in [0.1, 0.15) is 53.0 Å². The number of carbonyl (C=O) groups is 3. The second-order valence-electron chi connectivity index (χ2n) is 7.75. The maximum Gasteiger partial charge on any atom is 0.331 e. The van der Waals surface area contributed by atoms with Crippen LogP contribution in [-0.4, -0.2) is 47.8 Å². The lowest BCUT2D eigenvalue weighted by Gasteiger charge is -2.34. The largest absolute Gasteiger partial charge is 0.464 e. The average molecular weight is 453 g/mol. The fourth-order valence-corrected chi connectivity index (χ4v) is 3.06. The lowest BCUT2D eigenvalue weighted by molar-refractivity contribution is -0.150. The first-order valence-corrected chi connectivity index (χ1v) is 11.3. The van der Waals surface area contributed by atoms with E-state index < -0.39 is 28.7 Å². The molecule has 0 heterocycles. The Hall–Kier alpha value is -2.06. The van der Waals surface area contributed by atoms with E-state index in [2.05, 4.69) is 23.3 Å². The zero-order valence-electron chi connectivity index (χ0n) is 19.1. The number of ether oxygens (including phenoxy) is 2. The molecule has 0 saturated carbocycles.